The smallest absolute Gasteiger partial charge is 0.272 e. The van der Waals surface area contributed by atoms with Crippen LogP contribution < -0.4 is 10.2 Å². The lowest BCUT2D eigenvalue weighted by Gasteiger charge is -2.22. The summed E-state index contributed by atoms with van der Waals surface area (Å²) >= 11 is 1.35. The zero-order chi connectivity index (χ0) is 20.7. The van der Waals surface area contributed by atoms with Crippen LogP contribution >= 0.6 is 11.8 Å². The number of fused-ring (bicyclic) bond motifs is 1. The van der Waals surface area contributed by atoms with Gasteiger partial charge in [0.15, 0.2) is 0 Å². The SMILES string of the molecule is CCc1ccc(N2C(=O)C3=C(C2=O)[C@H](c2ccncc2)Nc2ccccc2S3)cc1. The Bertz CT molecular complexity index is 1170. The number of thioether (sulfide) groups is 1. The minimum Gasteiger partial charge on any atom is -0.373 e. The second kappa shape index (κ2) is 7.46. The molecule has 30 heavy (non-hydrogen) atoms. The third kappa shape index (κ3) is 3.00. The third-order valence-corrected chi connectivity index (χ3v) is 6.58. The van der Waals surface area contributed by atoms with Crippen LogP contribution in [0.2, 0.25) is 0 Å². The molecule has 1 aromatic heterocycles. The third-order valence-electron chi connectivity index (χ3n) is 5.41. The molecule has 0 saturated heterocycles. The number of carbonyl (C=O) groups is 2. The average Bonchev–Trinajstić information content (AvgIpc) is 2.93. The zero-order valence-electron chi connectivity index (χ0n) is 16.3. The molecule has 0 unspecified atom stereocenters. The van der Waals surface area contributed by atoms with Gasteiger partial charge in [0.05, 0.1) is 22.2 Å². The van der Waals surface area contributed by atoms with Crippen molar-refractivity contribution in [1.29, 1.82) is 0 Å². The number of aromatic nitrogens is 1. The number of benzene rings is 2. The molecule has 0 bridgehead atoms. The molecule has 2 amide bonds. The fourth-order valence-corrected chi connectivity index (χ4v) is 4.91. The van der Waals surface area contributed by atoms with E-state index in [1.807, 2.05) is 60.7 Å². The normalized spacial score (nSPS) is 18.0. The van der Waals surface area contributed by atoms with E-state index in [9.17, 15) is 9.59 Å². The van der Waals surface area contributed by atoms with Crippen molar-refractivity contribution in [3.63, 3.8) is 0 Å². The quantitative estimate of drug-likeness (QED) is 0.629. The molecule has 148 valence electrons. The maximum absolute atomic E-state index is 13.6. The van der Waals surface area contributed by atoms with Crippen LogP contribution in [0.15, 0.2) is 88.4 Å². The molecule has 1 N–H and O–H groups in total. The Morgan fingerprint density at radius 3 is 2.43 bits per heavy atom. The lowest BCUT2D eigenvalue weighted by atomic mass is 9.99. The second-order valence-corrected chi connectivity index (χ2v) is 8.22. The van der Waals surface area contributed by atoms with Crippen LogP contribution in [0, 0.1) is 0 Å². The van der Waals surface area contributed by atoms with E-state index >= 15 is 0 Å². The fraction of sp³-hybridized carbons (Fsp3) is 0.125. The van der Waals surface area contributed by atoms with Crippen LogP contribution in [-0.2, 0) is 16.0 Å². The highest BCUT2D eigenvalue weighted by Gasteiger charge is 2.45. The van der Waals surface area contributed by atoms with Crippen molar-refractivity contribution in [2.24, 2.45) is 0 Å². The molecule has 2 aliphatic heterocycles. The molecule has 0 aliphatic carbocycles. The molecule has 1 atom stereocenters. The first kappa shape index (κ1) is 18.6. The summed E-state index contributed by atoms with van der Waals surface area (Å²) in [5.74, 6) is -0.560. The maximum Gasteiger partial charge on any atom is 0.272 e. The standard InChI is InChI=1S/C24H19N3O2S/c1-2-15-7-9-17(10-8-15)27-23(28)20-21(16-11-13-25-14-12-16)26-18-5-3-4-6-19(18)30-22(20)24(27)29/h3-14,21,26H,2H2,1H3/t21-/m0/s1. The van der Waals surface area contributed by atoms with Crippen LogP contribution in [0.25, 0.3) is 0 Å². The van der Waals surface area contributed by atoms with Gasteiger partial charge in [0.25, 0.3) is 11.8 Å². The van der Waals surface area contributed by atoms with Gasteiger partial charge < -0.3 is 5.32 Å². The average molecular weight is 414 g/mol. The monoisotopic (exact) mass is 413 g/mol. The summed E-state index contributed by atoms with van der Waals surface area (Å²) in [5, 5.41) is 3.48. The highest BCUT2D eigenvalue weighted by atomic mass is 32.2. The maximum atomic E-state index is 13.6. The van der Waals surface area contributed by atoms with Crippen molar-refractivity contribution in [1.82, 2.24) is 4.98 Å². The van der Waals surface area contributed by atoms with Gasteiger partial charge in [-0.2, -0.15) is 0 Å². The first-order valence-electron chi connectivity index (χ1n) is 9.82. The molecule has 6 heteroatoms. The van der Waals surface area contributed by atoms with E-state index in [-0.39, 0.29) is 11.8 Å². The van der Waals surface area contributed by atoms with Crippen LogP contribution in [0.3, 0.4) is 0 Å². The van der Waals surface area contributed by atoms with Gasteiger partial charge in [-0.1, -0.05) is 43.0 Å². The minimum atomic E-state index is -0.435. The number of nitrogens with one attached hydrogen (secondary N) is 1. The number of anilines is 2. The minimum absolute atomic E-state index is 0.276. The van der Waals surface area contributed by atoms with E-state index in [4.69, 9.17) is 0 Å². The summed E-state index contributed by atoms with van der Waals surface area (Å²) in [5.41, 5.74) is 4.02. The summed E-state index contributed by atoms with van der Waals surface area (Å²) in [6.45, 7) is 2.07. The van der Waals surface area contributed by atoms with Crippen LogP contribution in [0.1, 0.15) is 24.1 Å². The van der Waals surface area contributed by atoms with Crippen molar-refractivity contribution in [2.45, 2.75) is 24.3 Å². The zero-order valence-corrected chi connectivity index (χ0v) is 17.1. The van der Waals surface area contributed by atoms with Gasteiger partial charge in [0, 0.05) is 23.0 Å². The Labute approximate surface area is 178 Å². The van der Waals surface area contributed by atoms with E-state index in [0.29, 0.717) is 16.2 Å². The summed E-state index contributed by atoms with van der Waals surface area (Å²) < 4.78 is 0. The summed E-state index contributed by atoms with van der Waals surface area (Å²) in [6.07, 6.45) is 4.30. The molecular weight excluding hydrogens is 394 g/mol. The number of aryl methyl sites for hydroxylation is 1. The molecule has 2 aliphatic rings. The summed E-state index contributed by atoms with van der Waals surface area (Å²) in [6, 6.07) is 18.7. The number of hydrogen-bond acceptors (Lipinski definition) is 5. The number of carbonyl (C=O) groups excluding carboxylic acids is 2. The molecule has 2 aromatic carbocycles. The van der Waals surface area contributed by atoms with Gasteiger partial charge in [0.1, 0.15) is 0 Å². The first-order chi connectivity index (χ1) is 14.7. The van der Waals surface area contributed by atoms with Crippen molar-refractivity contribution in [3.05, 3.63) is 94.7 Å². The number of imide groups is 1. The Hall–Kier alpha value is -3.38. The largest absolute Gasteiger partial charge is 0.373 e. The molecule has 3 heterocycles. The van der Waals surface area contributed by atoms with E-state index < -0.39 is 6.04 Å². The van der Waals surface area contributed by atoms with Crippen molar-refractivity contribution in [2.75, 3.05) is 10.2 Å². The number of amides is 2. The fourth-order valence-electron chi connectivity index (χ4n) is 3.81. The van der Waals surface area contributed by atoms with Crippen molar-refractivity contribution in [3.8, 4) is 0 Å². The van der Waals surface area contributed by atoms with Crippen molar-refractivity contribution >= 4 is 35.0 Å². The molecule has 0 radical (unpaired) electrons. The second-order valence-electron chi connectivity index (χ2n) is 7.16. The Morgan fingerprint density at radius 1 is 0.967 bits per heavy atom. The number of para-hydroxylation sites is 1. The summed E-state index contributed by atoms with van der Waals surface area (Å²) in [7, 11) is 0. The molecule has 3 aromatic rings. The number of nitrogens with zero attached hydrogens (tertiary/aromatic N) is 2. The van der Waals surface area contributed by atoms with Gasteiger partial charge in [0.2, 0.25) is 0 Å². The van der Waals surface area contributed by atoms with Gasteiger partial charge in [-0.15, -0.1) is 0 Å². The van der Waals surface area contributed by atoms with Gasteiger partial charge >= 0.3 is 0 Å². The molecule has 5 nitrogen and oxygen atoms in total. The topological polar surface area (TPSA) is 62.3 Å². The first-order valence-corrected chi connectivity index (χ1v) is 10.6. The molecule has 0 fully saturated rings. The van der Waals surface area contributed by atoms with E-state index in [1.54, 1.807) is 12.4 Å². The highest BCUT2D eigenvalue weighted by molar-refractivity contribution is 8.04. The highest BCUT2D eigenvalue weighted by Crippen LogP contribution is 2.47. The van der Waals surface area contributed by atoms with Crippen LogP contribution in [0.4, 0.5) is 11.4 Å². The van der Waals surface area contributed by atoms with Gasteiger partial charge in [-0.05, 0) is 53.9 Å². The van der Waals surface area contributed by atoms with E-state index in [0.717, 1.165) is 28.1 Å². The molecule has 0 saturated carbocycles. The molecular formula is C24H19N3O2S. The summed E-state index contributed by atoms with van der Waals surface area (Å²) in [4.78, 5) is 33.8. The Balaban J connectivity index is 1.63. The lowest BCUT2D eigenvalue weighted by molar-refractivity contribution is -0.120. The van der Waals surface area contributed by atoms with E-state index in [2.05, 4.69) is 17.2 Å². The molecule has 5 rings (SSSR count). The van der Waals surface area contributed by atoms with Gasteiger partial charge in [-0.25, -0.2) is 4.90 Å². The Morgan fingerprint density at radius 2 is 1.70 bits per heavy atom. The predicted octanol–water partition coefficient (Wildman–Crippen LogP) is 4.73. The number of pyridine rings is 1. The number of rotatable bonds is 3. The predicted molar refractivity (Wildman–Crippen MR) is 118 cm³/mol. The van der Waals surface area contributed by atoms with E-state index in [1.165, 1.54) is 16.7 Å². The van der Waals surface area contributed by atoms with Crippen LogP contribution in [0.5, 0.6) is 0 Å². The molecule has 0 spiro atoms. The number of hydrogen-bond donors (Lipinski definition) is 1. The lowest BCUT2D eigenvalue weighted by Crippen LogP contribution is -2.33. The Kier molecular flexibility index (Phi) is 4.64. The van der Waals surface area contributed by atoms with Crippen molar-refractivity contribution < 1.29 is 9.59 Å². The van der Waals surface area contributed by atoms with Crippen LogP contribution in [-0.4, -0.2) is 16.8 Å². The van der Waals surface area contributed by atoms with Gasteiger partial charge in [-0.3, -0.25) is 14.6 Å².